The molecule has 5 heteroatoms. The minimum atomic E-state index is 0.198. The van der Waals surface area contributed by atoms with Crippen molar-refractivity contribution in [1.29, 1.82) is 5.26 Å². The molecule has 1 aliphatic heterocycles. The van der Waals surface area contributed by atoms with E-state index in [-0.39, 0.29) is 12.1 Å². The van der Waals surface area contributed by atoms with Gasteiger partial charge in [-0.15, -0.1) is 0 Å². The van der Waals surface area contributed by atoms with E-state index in [1.165, 1.54) is 5.56 Å². The highest BCUT2D eigenvalue weighted by Crippen LogP contribution is 2.34. The first-order valence-electron chi connectivity index (χ1n) is 9.28. The maximum absolute atomic E-state index is 9.06. The van der Waals surface area contributed by atoms with Crippen molar-refractivity contribution in [3.63, 3.8) is 0 Å². The van der Waals surface area contributed by atoms with Crippen LogP contribution in [0.25, 0.3) is 5.65 Å². The van der Waals surface area contributed by atoms with Gasteiger partial charge in [0.2, 0.25) is 0 Å². The lowest BCUT2D eigenvalue weighted by Crippen LogP contribution is -2.32. The van der Waals surface area contributed by atoms with Crippen molar-refractivity contribution >= 4 is 5.65 Å². The number of pyridine rings is 2. The fourth-order valence-corrected chi connectivity index (χ4v) is 4.00. The molecule has 0 unspecified atom stereocenters. The molecule has 0 bridgehead atoms. The molecule has 5 nitrogen and oxygen atoms in total. The van der Waals surface area contributed by atoms with Crippen LogP contribution in [0.15, 0.2) is 42.7 Å². The lowest BCUT2D eigenvalue weighted by molar-refractivity contribution is 0.319. The second-order valence-electron chi connectivity index (χ2n) is 6.94. The van der Waals surface area contributed by atoms with E-state index in [0.717, 1.165) is 48.4 Å². The van der Waals surface area contributed by atoms with Gasteiger partial charge in [0.15, 0.2) is 0 Å². The standard InChI is InChI=1S/C21H23N5/c1-15-7-6-13-23-20(15)16-8-4-9-17(24-16)21-18(10-5-12-22)26-14-3-2-11-19(26)25-21/h2-3,6-7,11,13-14,16-17,24H,4-5,8-10H2,1H3/t16-,17+/m0/s1. The first kappa shape index (κ1) is 16.7. The van der Waals surface area contributed by atoms with Crippen LogP contribution in [0.3, 0.4) is 0 Å². The highest BCUT2D eigenvalue weighted by Gasteiger charge is 2.28. The Balaban J connectivity index is 1.68. The van der Waals surface area contributed by atoms with E-state index in [2.05, 4.69) is 33.8 Å². The third-order valence-electron chi connectivity index (χ3n) is 5.23. The van der Waals surface area contributed by atoms with Crippen LogP contribution >= 0.6 is 0 Å². The van der Waals surface area contributed by atoms with Crippen LogP contribution in [-0.2, 0) is 6.42 Å². The van der Waals surface area contributed by atoms with Crippen molar-refractivity contribution < 1.29 is 0 Å². The molecule has 0 radical (unpaired) electrons. The van der Waals surface area contributed by atoms with E-state index in [0.29, 0.717) is 6.42 Å². The Labute approximate surface area is 153 Å². The van der Waals surface area contributed by atoms with Gasteiger partial charge in [-0.25, -0.2) is 4.98 Å². The third kappa shape index (κ3) is 3.09. The zero-order valence-electron chi connectivity index (χ0n) is 15.0. The van der Waals surface area contributed by atoms with E-state index >= 15 is 0 Å². The zero-order valence-corrected chi connectivity index (χ0v) is 15.0. The summed E-state index contributed by atoms with van der Waals surface area (Å²) in [4.78, 5) is 9.52. The van der Waals surface area contributed by atoms with E-state index in [1.54, 1.807) is 0 Å². The van der Waals surface area contributed by atoms with Crippen LogP contribution in [0.2, 0.25) is 0 Å². The Morgan fingerprint density at radius 2 is 2.04 bits per heavy atom. The highest BCUT2D eigenvalue weighted by atomic mass is 15.1. The molecule has 132 valence electrons. The zero-order chi connectivity index (χ0) is 17.9. The largest absolute Gasteiger partial charge is 0.304 e. The van der Waals surface area contributed by atoms with E-state index in [9.17, 15) is 0 Å². The number of nitrogens with one attached hydrogen (secondary N) is 1. The lowest BCUT2D eigenvalue weighted by atomic mass is 9.92. The van der Waals surface area contributed by atoms with Crippen LogP contribution in [0.4, 0.5) is 0 Å². The molecule has 3 aromatic rings. The van der Waals surface area contributed by atoms with Gasteiger partial charge in [-0.3, -0.25) is 4.98 Å². The summed E-state index contributed by atoms with van der Waals surface area (Å²) in [6, 6.07) is 12.9. The maximum Gasteiger partial charge on any atom is 0.137 e. The number of fused-ring (bicyclic) bond motifs is 1. The smallest absolute Gasteiger partial charge is 0.137 e. The molecule has 4 heterocycles. The summed E-state index contributed by atoms with van der Waals surface area (Å²) in [5, 5.41) is 12.8. The Bertz CT molecular complexity index is 952. The number of aromatic nitrogens is 3. The third-order valence-corrected chi connectivity index (χ3v) is 5.23. The average molecular weight is 345 g/mol. The predicted molar refractivity (Wildman–Crippen MR) is 101 cm³/mol. The predicted octanol–water partition coefficient (Wildman–Crippen LogP) is 4.05. The molecule has 0 aromatic carbocycles. The molecule has 1 fully saturated rings. The molecule has 4 rings (SSSR count). The first-order chi connectivity index (χ1) is 12.8. The van der Waals surface area contributed by atoms with E-state index in [4.69, 9.17) is 10.2 Å². The van der Waals surface area contributed by atoms with Crippen LogP contribution in [0.5, 0.6) is 0 Å². The molecule has 3 aromatic heterocycles. The number of nitriles is 1. The Kier molecular flexibility index (Phi) is 4.68. The van der Waals surface area contributed by atoms with Gasteiger partial charge in [0.1, 0.15) is 5.65 Å². The number of piperidine rings is 1. The number of imidazole rings is 1. The van der Waals surface area contributed by atoms with Crippen LogP contribution in [0.1, 0.15) is 60.4 Å². The van der Waals surface area contributed by atoms with Crippen molar-refractivity contribution in [2.75, 3.05) is 0 Å². The van der Waals surface area contributed by atoms with Crippen LogP contribution < -0.4 is 5.32 Å². The molecule has 0 spiro atoms. The molecule has 1 aliphatic rings. The molecular formula is C21H23N5. The highest BCUT2D eigenvalue weighted by molar-refractivity contribution is 5.44. The van der Waals surface area contributed by atoms with E-state index < -0.39 is 0 Å². The molecular weight excluding hydrogens is 322 g/mol. The Hall–Kier alpha value is -2.71. The number of nitrogens with zero attached hydrogens (tertiary/aromatic N) is 4. The molecule has 0 aliphatic carbocycles. The van der Waals surface area contributed by atoms with Gasteiger partial charge in [0, 0.05) is 30.9 Å². The average Bonchev–Trinajstić information content (AvgIpc) is 3.05. The summed E-state index contributed by atoms with van der Waals surface area (Å²) in [6.45, 7) is 2.12. The van der Waals surface area contributed by atoms with Gasteiger partial charge in [0.25, 0.3) is 0 Å². The summed E-state index contributed by atoms with van der Waals surface area (Å²) >= 11 is 0. The van der Waals surface area contributed by atoms with Gasteiger partial charge in [0.05, 0.1) is 29.5 Å². The number of aryl methyl sites for hydroxylation is 2. The molecule has 0 saturated carbocycles. The summed E-state index contributed by atoms with van der Waals surface area (Å²) in [7, 11) is 0. The van der Waals surface area contributed by atoms with Crippen LogP contribution in [0, 0.1) is 18.3 Å². The van der Waals surface area contributed by atoms with Gasteiger partial charge in [-0.05, 0) is 49.9 Å². The number of hydrogen-bond acceptors (Lipinski definition) is 4. The fraction of sp³-hybridized carbons (Fsp3) is 0.381. The number of rotatable bonds is 4. The Morgan fingerprint density at radius 3 is 2.85 bits per heavy atom. The lowest BCUT2D eigenvalue weighted by Gasteiger charge is -2.31. The number of hydrogen-bond donors (Lipinski definition) is 1. The van der Waals surface area contributed by atoms with Crippen molar-refractivity contribution in [2.45, 2.75) is 51.1 Å². The maximum atomic E-state index is 9.06. The normalized spacial score (nSPS) is 20.2. The van der Waals surface area contributed by atoms with Gasteiger partial charge in [-0.1, -0.05) is 12.1 Å². The van der Waals surface area contributed by atoms with Crippen molar-refractivity contribution in [1.82, 2.24) is 19.7 Å². The van der Waals surface area contributed by atoms with Crippen molar-refractivity contribution in [3.8, 4) is 6.07 Å². The van der Waals surface area contributed by atoms with Gasteiger partial charge < -0.3 is 9.72 Å². The molecule has 0 amide bonds. The summed E-state index contributed by atoms with van der Waals surface area (Å²) in [5.41, 5.74) is 5.56. The van der Waals surface area contributed by atoms with Crippen molar-refractivity contribution in [2.24, 2.45) is 0 Å². The van der Waals surface area contributed by atoms with Crippen LogP contribution in [-0.4, -0.2) is 14.4 Å². The van der Waals surface area contributed by atoms with Gasteiger partial charge >= 0.3 is 0 Å². The minimum absolute atomic E-state index is 0.198. The second kappa shape index (κ2) is 7.27. The molecule has 1 saturated heterocycles. The van der Waals surface area contributed by atoms with E-state index in [1.807, 2.05) is 36.7 Å². The van der Waals surface area contributed by atoms with Crippen molar-refractivity contribution in [3.05, 3.63) is 65.4 Å². The molecule has 2 atom stereocenters. The SMILES string of the molecule is Cc1cccnc1[C@@H]1CCC[C@H](c2nc3ccccn3c2CCC#N)N1. The summed E-state index contributed by atoms with van der Waals surface area (Å²) in [6.07, 6.45) is 8.44. The second-order valence-corrected chi connectivity index (χ2v) is 6.94. The Morgan fingerprint density at radius 1 is 1.19 bits per heavy atom. The van der Waals surface area contributed by atoms with Gasteiger partial charge in [-0.2, -0.15) is 5.26 Å². The summed E-state index contributed by atoms with van der Waals surface area (Å²) in [5.74, 6) is 0. The topological polar surface area (TPSA) is 66.0 Å². The first-order valence-corrected chi connectivity index (χ1v) is 9.28. The minimum Gasteiger partial charge on any atom is -0.304 e. The molecule has 1 N–H and O–H groups in total. The monoisotopic (exact) mass is 345 g/mol. The molecule has 26 heavy (non-hydrogen) atoms. The fourth-order valence-electron chi connectivity index (χ4n) is 4.00. The summed E-state index contributed by atoms with van der Waals surface area (Å²) < 4.78 is 2.13. The quantitative estimate of drug-likeness (QED) is 0.775.